The smallest absolute Gasteiger partial charge is 0.406 e. The van der Waals surface area contributed by atoms with E-state index in [9.17, 15) is 9.59 Å². The summed E-state index contributed by atoms with van der Waals surface area (Å²) < 4.78 is 12.1. The van der Waals surface area contributed by atoms with Gasteiger partial charge in [-0.05, 0) is 25.0 Å². The number of hydrazine groups is 1. The van der Waals surface area contributed by atoms with Gasteiger partial charge in [0.15, 0.2) is 11.2 Å². The largest absolute Gasteiger partial charge is 0.421 e. The summed E-state index contributed by atoms with van der Waals surface area (Å²) in [5.74, 6) is 4.24. The first-order chi connectivity index (χ1) is 9.69. The molecule has 1 aliphatic rings. The van der Waals surface area contributed by atoms with Crippen LogP contribution in [0.3, 0.4) is 0 Å². The summed E-state index contributed by atoms with van der Waals surface area (Å²) in [6, 6.07) is 3.38. The molecule has 1 amide bonds. The van der Waals surface area contributed by atoms with Gasteiger partial charge in [-0.3, -0.25) is 14.8 Å². The van der Waals surface area contributed by atoms with Gasteiger partial charge < -0.3 is 9.15 Å². The number of hydrogen-bond donors (Lipinski definition) is 2. The first kappa shape index (κ1) is 12.8. The van der Waals surface area contributed by atoms with Crippen LogP contribution in [0.25, 0.3) is 11.2 Å². The zero-order chi connectivity index (χ0) is 14.1. The number of amides is 1. The van der Waals surface area contributed by atoms with E-state index in [4.69, 9.17) is 15.0 Å². The van der Waals surface area contributed by atoms with Gasteiger partial charge >= 0.3 is 5.76 Å². The molecule has 0 radical (unpaired) electrons. The van der Waals surface area contributed by atoms with Crippen molar-refractivity contribution in [3.63, 3.8) is 0 Å². The van der Waals surface area contributed by atoms with Crippen molar-refractivity contribution in [1.29, 1.82) is 0 Å². The van der Waals surface area contributed by atoms with Crippen LogP contribution in [0.4, 0.5) is 0 Å². The lowest BCUT2D eigenvalue weighted by Gasteiger charge is -2.12. The standard InChI is InChI=1S/C12H14N4O4/c13-15-11(17)9-4-3-7(19-9)6-16-10-8(20-12(16)18)2-1-5-14-10/h1-2,5,7,9H,3-4,6,13H2,(H,15,17). The molecular formula is C12H14N4O4. The number of rotatable bonds is 3. The molecule has 3 heterocycles. The zero-order valence-corrected chi connectivity index (χ0v) is 10.6. The van der Waals surface area contributed by atoms with Crippen LogP contribution in [0, 0.1) is 0 Å². The van der Waals surface area contributed by atoms with Crippen molar-refractivity contribution in [3.05, 3.63) is 28.9 Å². The Morgan fingerprint density at radius 3 is 3.20 bits per heavy atom. The Hall–Kier alpha value is -2.19. The van der Waals surface area contributed by atoms with E-state index in [2.05, 4.69) is 10.4 Å². The van der Waals surface area contributed by atoms with Crippen molar-refractivity contribution in [3.8, 4) is 0 Å². The summed E-state index contributed by atoms with van der Waals surface area (Å²) in [6.45, 7) is 0.303. The Kier molecular flexibility index (Phi) is 3.25. The molecule has 1 fully saturated rings. The van der Waals surface area contributed by atoms with E-state index in [1.165, 1.54) is 4.57 Å². The molecule has 1 saturated heterocycles. The second-order valence-electron chi connectivity index (χ2n) is 4.64. The van der Waals surface area contributed by atoms with E-state index in [-0.39, 0.29) is 12.0 Å². The number of oxazole rings is 1. The van der Waals surface area contributed by atoms with Crippen LogP contribution in [-0.2, 0) is 16.1 Å². The number of fused-ring (bicyclic) bond motifs is 1. The molecule has 1 aliphatic heterocycles. The van der Waals surface area contributed by atoms with Gasteiger partial charge in [0, 0.05) is 6.20 Å². The molecule has 0 bridgehead atoms. The number of nitrogens with one attached hydrogen (secondary N) is 1. The van der Waals surface area contributed by atoms with Crippen LogP contribution in [0.5, 0.6) is 0 Å². The number of nitrogens with two attached hydrogens (primary N) is 1. The fourth-order valence-electron chi connectivity index (χ4n) is 2.39. The SMILES string of the molecule is NNC(=O)C1CCC(Cn2c(=O)oc3cccnc32)O1. The van der Waals surface area contributed by atoms with Gasteiger partial charge in [-0.15, -0.1) is 0 Å². The Labute approximate surface area is 113 Å². The van der Waals surface area contributed by atoms with Crippen LogP contribution >= 0.6 is 0 Å². The molecule has 2 aromatic heterocycles. The van der Waals surface area contributed by atoms with Gasteiger partial charge in [0.25, 0.3) is 5.91 Å². The number of ether oxygens (including phenoxy) is 1. The van der Waals surface area contributed by atoms with Crippen LogP contribution in [0.1, 0.15) is 12.8 Å². The number of carbonyl (C=O) groups is 1. The van der Waals surface area contributed by atoms with Crippen molar-refractivity contribution >= 4 is 17.1 Å². The summed E-state index contributed by atoms with van der Waals surface area (Å²) in [7, 11) is 0. The molecule has 3 N–H and O–H groups in total. The lowest BCUT2D eigenvalue weighted by atomic mass is 10.2. The van der Waals surface area contributed by atoms with Crippen LogP contribution in [-0.4, -0.2) is 27.7 Å². The lowest BCUT2D eigenvalue weighted by molar-refractivity contribution is -0.132. The fraction of sp³-hybridized carbons (Fsp3) is 0.417. The highest BCUT2D eigenvalue weighted by Crippen LogP contribution is 2.22. The molecule has 2 aromatic rings. The maximum atomic E-state index is 11.8. The molecule has 20 heavy (non-hydrogen) atoms. The van der Waals surface area contributed by atoms with E-state index in [0.717, 1.165) is 0 Å². The quantitative estimate of drug-likeness (QED) is 0.446. The van der Waals surface area contributed by atoms with Gasteiger partial charge in [0.1, 0.15) is 6.10 Å². The highest BCUT2D eigenvalue weighted by molar-refractivity contribution is 5.80. The molecule has 0 saturated carbocycles. The second-order valence-corrected chi connectivity index (χ2v) is 4.64. The lowest BCUT2D eigenvalue weighted by Crippen LogP contribution is -2.39. The monoisotopic (exact) mass is 278 g/mol. The minimum Gasteiger partial charge on any atom is -0.406 e. The predicted octanol–water partition coefficient (Wildman–Crippen LogP) is -0.473. The van der Waals surface area contributed by atoms with Crippen molar-refractivity contribution in [2.75, 3.05) is 0 Å². The molecule has 106 valence electrons. The maximum Gasteiger partial charge on any atom is 0.421 e. The zero-order valence-electron chi connectivity index (χ0n) is 10.6. The summed E-state index contributed by atoms with van der Waals surface area (Å²) in [4.78, 5) is 27.3. The van der Waals surface area contributed by atoms with Crippen molar-refractivity contribution in [2.24, 2.45) is 5.84 Å². The van der Waals surface area contributed by atoms with Gasteiger partial charge in [0.05, 0.1) is 12.6 Å². The van der Waals surface area contributed by atoms with E-state index >= 15 is 0 Å². The van der Waals surface area contributed by atoms with Crippen molar-refractivity contribution in [2.45, 2.75) is 31.6 Å². The molecule has 0 aromatic carbocycles. The summed E-state index contributed by atoms with van der Waals surface area (Å²) in [5, 5.41) is 0. The molecule has 0 spiro atoms. The van der Waals surface area contributed by atoms with Gasteiger partial charge in [0.2, 0.25) is 0 Å². The van der Waals surface area contributed by atoms with E-state index < -0.39 is 11.9 Å². The predicted molar refractivity (Wildman–Crippen MR) is 68.5 cm³/mol. The fourth-order valence-corrected chi connectivity index (χ4v) is 2.39. The van der Waals surface area contributed by atoms with Crippen LogP contribution in [0.2, 0.25) is 0 Å². The molecule has 2 unspecified atom stereocenters. The third kappa shape index (κ3) is 2.19. The van der Waals surface area contributed by atoms with E-state index in [0.29, 0.717) is 30.6 Å². The maximum absolute atomic E-state index is 11.8. The van der Waals surface area contributed by atoms with Crippen molar-refractivity contribution < 1.29 is 13.9 Å². The number of pyridine rings is 1. The number of nitrogens with zero attached hydrogens (tertiary/aromatic N) is 2. The summed E-state index contributed by atoms with van der Waals surface area (Å²) in [5.41, 5.74) is 2.98. The number of aromatic nitrogens is 2. The highest BCUT2D eigenvalue weighted by Gasteiger charge is 2.31. The van der Waals surface area contributed by atoms with Crippen LogP contribution in [0.15, 0.2) is 27.5 Å². The average Bonchev–Trinajstić information content (AvgIpc) is 3.04. The molecule has 0 aliphatic carbocycles. The minimum atomic E-state index is -0.563. The Morgan fingerprint density at radius 1 is 1.55 bits per heavy atom. The third-order valence-electron chi connectivity index (χ3n) is 3.35. The second kappa shape index (κ2) is 5.06. The average molecular weight is 278 g/mol. The Bertz CT molecular complexity index is 692. The molecule has 3 rings (SSSR count). The molecular weight excluding hydrogens is 264 g/mol. The minimum absolute atomic E-state index is 0.238. The van der Waals surface area contributed by atoms with Gasteiger partial charge in [-0.25, -0.2) is 15.6 Å². The highest BCUT2D eigenvalue weighted by atomic mass is 16.5. The first-order valence-corrected chi connectivity index (χ1v) is 6.29. The van der Waals surface area contributed by atoms with E-state index in [1.54, 1.807) is 18.3 Å². The van der Waals surface area contributed by atoms with Gasteiger partial charge in [-0.2, -0.15) is 0 Å². The summed E-state index contributed by atoms with van der Waals surface area (Å²) in [6.07, 6.45) is 2.04. The molecule has 8 heteroatoms. The Morgan fingerprint density at radius 2 is 2.40 bits per heavy atom. The number of carbonyl (C=O) groups excluding carboxylic acids is 1. The Balaban J connectivity index is 1.79. The summed E-state index contributed by atoms with van der Waals surface area (Å²) >= 11 is 0. The number of hydrogen-bond acceptors (Lipinski definition) is 6. The topological polar surface area (TPSA) is 112 Å². The van der Waals surface area contributed by atoms with Crippen LogP contribution < -0.4 is 17.0 Å². The normalized spacial score (nSPS) is 22.2. The van der Waals surface area contributed by atoms with Gasteiger partial charge in [-0.1, -0.05) is 0 Å². The van der Waals surface area contributed by atoms with E-state index in [1.807, 2.05) is 0 Å². The molecule has 2 atom stereocenters. The third-order valence-corrected chi connectivity index (χ3v) is 3.35. The molecule has 8 nitrogen and oxygen atoms in total. The first-order valence-electron chi connectivity index (χ1n) is 6.29. The van der Waals surface area contributed by atoms with Crippen molar-refractivity contribution in [1.82, 2.24) is 15.0 Å².